The molecule has 0 unspecified atom stereocenters. The van der Waals surface area contributed by atoms with Gasteiger partial charge in [-0.05, 0) is 41.8 Å². The molecule has 0 spiro atoms. The molecule has 2 aromatic carbocycles. The topological polar surface area (TPSA) is 67.9 Å². The van der Waals surface area contributed by atoms with Crippen molar-refractivity contribution in [1.82, 2.24) is 0 Å². The SMILES string of the molecule is O=C1C(Nc2ccc3c(c2)OCO3)=C(c2cccs2)C(=O)N1c1ccc(Cl)c(Cl)c1. The third kappa shape index (κ3) is 3.11. The van der Waals surface area contributed by atoms with Crippen molar-refractivity contribution < 1.29 is 19.1 Å². The van der Waals surface area contributed by atoms with E-state index in [2.05, 4.69) is 5.32 Å². The van der Waals surface area contributed by atoms with Gasteiger partial charge in [0.25, 0.3) is 11.8 Å². The molecular weight excluding hydrogens is 447 g/mol. The zero-order valence-corrected chi connectivity index (χ0v) is 17.5. The number of amides is 2. The molecule has 2 aliphatic rings. The van der Waals surface area contributed by atoms with Crippen molar-refractivity contribution in [2.24, 2.45) is 0 Å². The van der Waals surface area contributed by atoms with Crippen molar-refractivity contribution in [3.63, 3.8) is 0 Å². The number of imide groups is 1. The zero-order chi connectivity index (χ0) is 20.8. The molecule has 0 fully saturated rings. The van der Waals surface area contributed by atoms with Gasteiger partial charge in [0.15, 0.2) is 11.5 Å². The summed E-state index contributed by atoms with van der Waals surface area (Å²) >= 11 is 13.5. The molecule has 5 rings (SSSR count). The maximum atomic E-state index is 13.3. The summed E-state index contributed by atoms with van der Waals surface area (Å²) in [6.45, 7) is 0.143. The molecule has 150 valence electrons. The lowest BCUT2D eigenvalue weighted by Crippen LogP contribution is -2.32. The Morgan fingerprint density at radius 3 is 2.53 bits per heavy atom. The maximum absolute atomic E-state index is 13.3. The third-order valence-electron chi connectivity index (χ3n) is 4.65. The van der Waals surface area contributed by atoms with Crippen LogP contribution in [0.25, 0.3) is 5.57 Å². The van der Waals surface area contributed by atoms with E-state index in [1.165, 1.54) is 17.4 Å². The third-order valence-corrected chi connectivity index (χ3v) is 6.28. The molecular formula is C21H12Cl2N2O4S. The quantitative estimate of drug-likeness (QED) is 0.545. The molecule has 9 heteroatoms. The van der Waals surface area contributed by atoms with Crippen LogP contribution >= 0.6 is 34.5 Å². The van der Waals surface area contributed by atoms with Gasteiger partial charge in [-0.3, -0.25) is 9.59 Å². The van der Waals surface area contributed by atoms with Gasteiger partial charge >= 0.3 is 0 Å². The second-order valence-electron chi connectivity index (χ2n) is 6.46. The summed E-state index contributed by atoms with van der Waals surface area (Å²) in [4.78, 5) is 28.4. The van der Waals surface area contributed by atoms with Gasteiger partial charge in [-0.25, -0.2) is 4.90 Å². The van der Waals surface area contributed by atoms with Gasteiger partial charge in [-0.1, -0.05) is 29.3 Å². The number of nitrogens with zero attached hydrogens (tertiary/aromatic N) is 1. The minimum absolute atomic E-state index is 0.143. The smallest absolute Gasteiger partial charge is 0.282 e. The van der Waals surface area contributed by atoms with Gasteiger partial charge in [0.1, 0.15) is 5.70 Å². The highest BCUT2D eigenvalue weighted by atomic mass is 35.5. The number of halogens is 2. The molecule has 1 N–H and O–H groups in total. The average Bonchev–Trinajstić information content (AvgIpc) is 3.45. The molecule has 30 heavy (non-hydrogen) atoms. The molecule has 0 aliphatic carbocycles. The standard InChI is InChI=1S/C21H12Cl2N2O4S/c22-13-5-4-12(9-14(13)23)25-20(26)18(17-2-1-7-30-17)19(21(25)27)24-11-3-6-15-16(8-11)29-10-28-15/h1-9,24H,10H2. The average molecular weight is 459 g/mol. The molecule has 3 heterocycles. The van der Waals surface area contributed by atoms with Crippen LogP contribution in [-0.2, 0) is 9.59 Å². The first kappa shape index (κ1) is 19.0. The van der Waals surface area contributed by atoms with Crippen LogP contribution in [0.5, 0.6) is 11.5 Å². The number of benzene rings is 2. The first-order valence-corrected chi connectivity index (χ1v) is 10.4. The number of carbonyl (C=O) groups is 2. The van der Waals surface area contributed by atoms with E-state index >= 15 is 0 Å². The fraction of sp³-hybridized carbons (Fsp3) is 0.0476. The van der Waals surface area contributed by atoms with Crippen LogP contribution in [0.15, 0.2) is 59.6 Å². The lowest BCUT2D eigenvalue weighted by Gasteiger charge is -2.16. The minimum Gasteiger partial charge on any atom is -0.454 e. The van der Waals surface area contributed by atoms with E-state index in [4.69, 9.17) is 32.7 Å². The van der Waals surface area contributed by atoms with Gasteiger partial charge in [0.05, 0.1) is 21.3 Å². The number of rotatable bonds is 4. The van der Waals surface area contributed by atoms with Crippen LogP contribution < -0.4 is 19.7 Å². The maximum Gasteiger partial charge on any atom is 0.282 e. The number of ether oxygens (including phenoxy) is 2. The Balaban J connectivity index is 1.57. The fourth-order valence-electron chi connectivity index (χ4n) is 3.27. The van der Waals surface area contributed by atoms with E-state index in [9.17, 15) is 9.59 Å². The number of hydrogen-bond donors (Lipinski definition) is 1. The largest absolute Gasteiger partial charge is 0.454 e. The summed E-state index contributed by atoms with van der Waals surface area (Å²) in [5.41, 5.74) is 1.41. The highest BCUT2D eigenvalue weighted by Crippen LogP contribution is 2.39. The van der Waals surface area contributed by atoms with Crippen molar-refractivity contribution in [3.05, 3.63) is 74.5 Å². The van der Waals surface area contributed by atoms with Gasteiger partial charge in [0.2, 0.25) is 6.79 Å². The number of thiophene rings is 1. The van der Waals surface area contributed by atoms with Gasteiger partial charge in [-0.15, -0.1) is 11.3 Å². The summed E-state index contributed by atoms with van der Waals surface area (Å²) in [6, 6.07) is 13.5. The Bertz CT molecular complexity index is 1220. The second kappa shape index (κ2) is 7.36. The van der Waals surface area contributed by atoms with E-state index in [1.54, 1.807) is 36.4 Å². The van der Waals surface area contributed by atoms with Crippen molar-refractivity contribution in [1.29, 1.82) is 0 Å². The van der Waals surface area contributed by atoms with Crippen LogP contribution in [0.3, 0.4) is 0 Å². The van der Waals surface area contributed by atoms with Gasteiger partial charge < -0.3 is 14.8 Å². The van der Waals surface area contributed by atoms with Gasteiger partial charge in [0, 0.05) is 16.6 Å². The molecule has 2 aliphatic heterocycles. The summed E-state index contributed by atoms with van der Waals surface area (Å²) < 4.78 is 10.7. The molecule has 2 amide bonds. The van der Waals surface area contributed by atoms with Gasteiger partial charge in [-0.2, -0.15) is 0 Å². The van der Waals surface area contributed by atoms with E-state index in [0.717, 1.165) is 4.90 Å². The zero-order valence-electron chi connectivity index (χ0n) is 15.1. The number of nitrogens with one attached hydrogen (secondary N) is 1. The minimum atomic E-state index is -0.487. The lowest BCUT2D eigenvalue weighted by atomic mass is 10.2. The van der Waals surface area contributed by atoms with Crippen molar-refractivity contribution >= 4 is 63.3 Å². The Labute approximate surface area is 185 Å². The van der Waals surface area contributed by atoms with E-state index in [0.29, 0.717) is 38.3 Å². The van der Waals surface area contributed by atoms with E-state index in [-0.39, 0.29) is 17.5 Å². The molecule has 0 radical (unpaired) electrons. The molecule has 6 nitrogen and oxygen atoms in total. The highest BCUT2D eigenvalue weighted by Gasteiger charge is 2.41. The summed E-state index contributed by atoms with van der Waals surface area (Å²) in [6.07, 6.45) is 0. The fourth-order valence-corrected chi connectivity index (χ4v) is 4.33. The summed E-state index contributed by atoms with van der Waals surface area (Å²) in [5.74, 6) is 0.263. The second-order valence-corrected chi connectivity index (χ2v) is 8.23. The predicted octanol–water partition coefficient (Wildman–Crippen LogP) is 5.18. The molecule has 0 saturated carbocycles. The normalized spacial score (nSPS) is 15.3. The molecule has 1 aromatic heterocycles. The van der Waals surface area contributed by atoms with E-state index < -0.39 is 11.8 Å². The van der Waals surface area contributed by atoms with Crippen molar-refractivity contribution in [2.75, 3.05) is 17.0 Å². The molecule has 0 atom stereocenters. The number of anilines is 2. The van der Waals surface area contributed by atoms with Crippen LogP contribution in [0.1, 0.15) is 4.88 Å². The van der Waals surface area contributed by atoms with Crippen LogP contribution in [0, 0.1) is 0 Å². The number of fused-ring (bicyclic) bond motifs is 1. The van der Waals surface area contributed by atoms with Crippen molar-refractivity contribution in [3.8, 4) is 11.5 Å². The predicted molar refractivity (Wildman–Crippen MR) is 116 cm³/mol. The van der Waals surface area contributed by atoms with Crippen LogP contribution in [0.4, 0.5) is 11.4 Å². The first-order valence-electron chi connectivity index (χ1n) is 8.81. The molecule has 0 saturated heterocycles. The Morgan fingerprint density at radius 1 is 0.933 bits per heavy atom. The monoisotopic (exact) mass is 458 g/mol. The lowest BCUT2D eigenvalue weighted by molar-refractivity contribution is -0.120. The molecule has 3 aromatic rings. The first-order chi connectivity index (χ1) is 14.5. The molecule has 0 bridgehead atoms. The highest BCUT2D eigenvalue weighted by molar-refractivity contribution is 7.11. The Hall–Kier alpha value is -3.00. The van der Waals surface area contributed by atoms with E-state index in [1.807, 2.05) is 11.4 Å². The number of hydrogen-bond acceptors (Lipinski definition) is 6. The van der Waals surface area contributed by atoms with Crippen molar-refractivity contribution in [2.45, 2.75) is 0 Å². The number of carbonyl (C=O) groups excluding carboxylic acids is 2. The van der Waals surface area contributed by atoms with Crippen LogP contribution in [0.2, 0.25) is 10.0 Å². The van der Waals surface area contributed by atoms with Crippen LogP contribution in [-0.4, -0.2) is 18.6 Å². The summed E-state index contributed by atoms with van der Waals surface area (Å²) in [5, 5.41) is 5.53. The Morgan fingerprint density at radius 2 is 1.77 bits per heavy atom. The summed E-state index contributed by atoms with van der Waals surface area (Å²) in [7, 11) is 0. The Kier molecular flexibility index (Phi) is 4.66.